The third-order valence-electron chi connectivity index (χ3n) is 3.72. The maximum atomic E-state index is 13.2. The second-order valence-corrected chi connectivity index (χ2v) is 5.01. The van der Waals surface area contributed by atoms with Crippen LogP contribution in [0.25, 0.3) is 5.70 Å². The molecule has 2 N–H and O–H groups in total. The zero-order valence-electron chi connectivity index (χ0n) is 11.5. The lowest BCUT2D eigenvalue weighted by Gasteiger charge is -2.33. The molecule has 2 heterocycles. The number of halogens is 3. The Hall–Kier alpha value is -1.89. The molecule has 1 saturated heterocycles. The number of alkyl halides is 3. The molecule has 0 amide bonds. The molecule has 0 spiro atoms. The lowest BCUT2D eigenvalue weighted by atomic mass is 10.1. The van der Waals surface area contributed by atoms with Gasteiger partial charge in [0.25, 0.3) is 0 Å². The minimum Gasteiger partial charge on any atom is -0.497 e. The van der Waals surface area contributed by atoms with E-state index in [9.17, 15) is 13.2 Å². The molecular weight excluding hydrogens is 283 g/mol. The molecule has 2 aliphatic heterocycles. The van der Waals surface area contributed by atoms with Crippen molar-refractivity contribution >= 4 is 5.70 Å². The Morgan fingerprint density at radius 2 is 2.14 bits per heavy atom. The molecule has 1 aromatic carbocycles. The molecule has 3 rings (SSSR count). The number of hydrogen-bond acceptors (Lipinski definition) is 4. The number of ether oxygens (including phenoxy) is 1. The van der Waals surface area contributed by atoms with Crippen LogP contribution in [0.2, 0.25) is 0 Å². The summed E-state index contributed by atoms with van der Waals surface area (Å²) in [5.74, 6) is 0.619. The Balaban J connectivity index is 1.99. The highest BCUT2D eigenvalue weighted by atomic mass is 19.4. The topological polar surface area (TPSA) is 36.5 Å². The number of fused-ring (bicyclic) bond motifs is 1. The predicted octanol–water partition coefficient (Wildman–Crippen LogP) is 1.76. The fourth-order valence-corrected chi connectivity index (χ4v) is 2.74. The van der Waals surface area contributed by atoms with Crippen molar-refractivity contribution in [1.82, 2.24) is 15.5 Å². The second-order valence-electron chi connectivity index (χ2n) is 5.01. The number of benzene rings is 1. The van der Waals surface area contributed by atoms with Gasteiger partial charge in [0.1, 0.15) is 5.75 Å². The smallest absolute Gasteiger partial charge is 0.427 e. The minimum atomic E-state index is -4.32. The number of methoxy groups -OCH3 is 1. The minimum absolute atomic E-state index is 0.333. The van der Waals surface area contributed by atoms with E-state index in [0.717, 1.165) is 0 Å². The van der Waals surface area contributed by atoms with Gasteiger partial charge in [0.05, 0.1) is 18.5 Å². The van der Waals surface area contributed by atoms with Gasteiger partial charge in [-0.15, -0.1) is 0 Å². The first-order valence-electron chi connectivity index (χ1n) is 6.69. The van der Waals surface area contributed by atoms with E-state index in [1.54, 1.807) is 24.3 Å². The van der Waals surface area contributed by atoms with Crippen molar-refractivity contribution in [3.63, 3.8) is 0 Å². The number of nitrogens with one attached hydrogen (secondary N) is 2. The molecule has 0 aliphatic carbocycles. The van der Waals surface area contributed by atoms with Crippen molar-refractivity contribution in [3.8, 4) is 5.75 Å². The first-order valence-corrected chi connectivity index (χ1v) is 6.69. The molecule has 4 nitrogen and oxygen atoms in total. The lowest BCUT2D eigenvalue weighted by molar-refractivity contribution is -0.180. The summed E-state index contributed by atoms with van der Waals surface area (Å²) in [5.41, 5.74) is 1.87. The fraction of sp³-hybridized carbons (Fsp3) is 0.429. The molecule has 1 fully saturated rings. The average molecular weight is 299 g/mol. The molecule has 2 aliphatic rings. The van der Waals surface area contributed by atoms with E-state index in [1.807, 2.05) is 0 Å². The van der Waals surface area contributed by atoms with Crippen molar-refractivity contribution < 1.29 is 17.9 Å². The normalized spacial score (nSPS) is 22.1. The molecule has 0 radical (unpaired) electrons. The first kappa shape index (κ1) is 14.1. The van der Waals surface area contributed by atoms with Crippen molar-refractivity contribution in [2.45, 2.75) is 12.3 Å². The fourth-order valence-electron chi connectivity index (χ4n) is 2.74. The van der Waals surface area contributed by atoms with E-state index >= 15 is 0 Å². The third kappa shape index (κ3) is 2.53. The van der Waals surface area contributed by atoms with Crippen LogP contribution in [-0.2, 0) is 0 Å². The summed E-state index contributed by atoms with van der Waals surface area (Å²) in [6.45, 7) is 1.30. The van der Waals surface area contributed by atoms with E-state index in [1.165, 1.54) is 12.0 Å². The van der Waals surface area contributed by atoms with Crippen LogP contribution in [0.1, 0.15) is 5.56 Å². The lowest BCUT2D eigenvalue weighted by Crippen LogP contribution is -2.53. The zero-order chi connectivity index (χ0) is 15.0. The number of rotatable bonds is 2. The van der Waals surface area contributed by atoms with Gasteiger partial charge in [-0.2, -0.15) is 13.2 Å². The van der Waals surface area contributed by atoms with Gasteiger partial charge in [-0.05, 0) is 12.1 Å². The molecule has 0 bridgehead atoms. The largest absolute Gasteiger partial charge is 0.497 e. The van der Waals surface area contributed by atoms with E-state index < -0.39 is 12.3 Å². The maximum Gasteiger partial charge on any atom is 0.427 e. The Bertz CT molecular complexity index is 571. The van der Waals surface area contributed by atoms with Crippen LogP contribution < -0.4 is 15.4 Å². The maximum absolute atomic E-state index is 13.2. The van der Waals surface area contributed by atoms with Gasteiger partial charge >= 0.3 is 6.18 Å². The van der Waals surface area contributed by atoms with Gasteiger partial charge in [0, 0.05) is 25.2 Å². The van der Waals surface area contributed by atoms with Gasteiger partial charge in [-0.3, -0.25) is 0 Å². The van der Waals surface area contributed by atoms with Gasteiger partial charge in [-0.1, -0.05) is 12.1 Å². The summed E-state index contributed by atoms with van der Waals surface area (Å²) in [6, 6.07) is 7.05. The van der Waals surface area contributed by atoms with E-state index in [4.69, 9.17) is 4.74 Å². The van der Waals surface area contributed by atoms with Crippen LogP contribution in [0.5, 0.6) is 5.75 Å². The molecule has 1 unspecified atom stereocenters. The molecule has 0 aromatic heterocycles. The zero-order valence-corrected chi connectivity index (χ0v) is 11.5. The molecule has 7 heteroatoms. The van der Waals surface area contributed by atoms with E-state index in [-0.39, 0.29) is 0 Å². The summed E-state index contributed by atoms with van der Waals surface area (Å²) < 4.78 is 44.7. The average Bonchev–Trinajstić information content (AvgIpc) is 2.87. The van der Waals surface area contributed by atoms with E-state index in [2.05, 4.69) is 10.6 Å². The van der Waals surface area contributed by atoms with Gasteiger partial charge in [-0.25, -0.2) is 0 Å². The van der Waals surface area contributed by atoms with Crippen LogP contribution in [-0.4, -0.2) is 44.0 Å². The van der Waals surface area contributed by atoms with Crippen molar-refractivity contribution in [2.75, 3.05) is 26.7 Å². The number of nitrogens with zero attached hydrogens (tertiary/aromatic N) is 1. The summed E-state index contributed by atoms with van der Waals surface area (Å²) in [6.07, 6.45) is -5.97. The highest BCUT2D eigenvalue weighted by Crippen LogP contribution is 2.36. The quantitative estimate of drug-likeness (QED) is 0.872. The third-order valence-corrected chi connectivity index (χ3v) is 3.72. The molecule has 21 heavy (non-hydrogen) atoms. The molecule has 0 saturated carbocycles. The van der Waals surface area contributed by atoms with Gasteiger partial charge in [0.15, 0.2) is 6.17 Å². The first-order chi connectivity index (χ1) is 10.0. The van der Waals surface area contributed by atoms with E-state index in [0.29, 0.717) is 42.3 Å². The molecule has 114 valence electrons. The van der Waals surface area contributed by atoms with Gasteiger partial charge in [0.2, 0.25) is 0 Å². The number of hydrogen-bond donors (Lipinski definition) is 2. The summed E-state index contributed by atoms with van der Waals surface area (Å²) >= 11 is 0. The van der Waals surface area contributed by atoms with Crippen molar-refractivity contribution in [2.24, 2.45) is 0 Å². The van der Waals surface area contributed by atoms with Crippen LogP contribution in [0.4, 0.5) is 13.2 Å². The SMILES string of the molecule is COc1cccc(C2=C3CNCCN3C(C(F)(F)F)N2)c1. The summed E-state index contributed by atoms with van der Waals surface area (Å²) in [5, 5.41) is 5.74. The van der Waals surface area contributed by atoms with Gasteiger partial charge < -0.3 is 20.3 Å². The summed E-state index contributed by atoms with van der Waals surface area (Å²) in [4.78, 5) is 1.39. The monoisotopic (exact) mass is 299 g/mol. The van der Waals surface area contributed by atoms with Crippen LogP contribution >= 0.6 is 0 Å². The van der Waals surface area contributed by atoms with Crippen LogP contribution in [0.15, 0.2) is 30.0 Å². The molecular formula is C14H16F3N3O. The summed E-state index contributed by atoms with van der Waals surface area (Å²) in [7, 11) is 1.53. The second kappa shape index (κ2) is 5.14. The Morgan fingerprint density at radius 3 is 2.86 bits per heavy atom. The predicted molar refractivity (Wildman–Crippen MR) is 72.5 cm³/mol. The van der Waals surface area contributed by atoms with Crippen LogP contribution in [0, 0.1) is 0 Å². The molecule has 1 atom stereocenters. The molecule has 1 aromatic rings. The highest BCUT2D eigenvalue weighted by Gasteiger charge is 2.49. The highest BCUT2D eigenvalue weighted by molar-refractivity contribution is 5.70. The Labute approximate surface area is 120 Å². The standard InChI is InChI=1S/C14H16F3N3O/c1-21-10-4-2-3-9(7-10)12-11-8-18-5-6-20(11)13(19-12)14(15,16)17/h2-4,7,13,18-19H,5-6,8H2,1H3. The van der Waals surface area contributed by atoms with Crippen molar-refractivity contribution in [3.05, 3.63) is 35.5 Å². The number of piperazine rings is 1. The van der Waals surface area contributed by atoms with Crippen LogP contribution in [0.3, 0.4) is 0 Å². The van der Waals surface area contributed by atoms with Crippen molar-refractivity contribution in [1.29, 1.82) is 0 Å². The Kier molecular flexibility index (Phi) is 3.44. The Morgan fingerprint density at radius 1 is 1.33 bits per heavy atom.